The molecule has 2 atom stereocenters. The van der Waals surface area contributed by atoms with Crippen molar-refractivity contribution in [3.05, 3.63) is 11.1 Å². The van der Waals surface area contributed by atoms with Gasteiger partial charge in [-0.3, -0.25) is 0 Å². The Hall–Kier alpha value is -0.590. The lowest BCUT2D eigenvalue weighted by atomic mass is 9.87. The molecule has 1 rings (SSSR count). The Morgan fingerprint density at radius 2 is 2.25 bits per heavy atom. The van der Waals surface area contributed by atoms with Crippen LogP contribution in [-0.4, -0.2) is 6.29 Å². The van der Waals surface area contributed by atoms with Crippen LogP contribution < -0.4 is 0 Å². The van der Waals surface area contributed by atoms with Crippen LogP contribution in [0.4, 0.5) is 0 Å². The van der Waals surface area contributed by atoms with E-state index < -0.39 is 0 Å². The largest absolute Gasteiger partial charge is 0.303 e. The minimum atomic E-state index is 0.542. The van der Waals surface area contributed by atoms with E-state index in [0.29, 0.717) is 11.8 Å². The predicted octanol–water partition coefficient (Wildman–Crippen LogP) is 2.96. The topological polar surface area (TPSA) is 17.1 Å². The van der Waals surface area contributed by atoms with E-state index in [9.17, 15) is 4.79 Å². The van der Waals surface area contributed by atoms with Gasteiger partial charge in [0.1, 0.15) is 6.29 Å². The second-order valence-corrected chi connectivity index (χ2v) is 3.99. The van der Waals surface area contributed by atoms with Gasteiger partial charge < -0.3 is 4.79 Å². The Balaban J connectivity index is 2.59. The average Bonchev–Trinajstić information content (AvgIpc) is 2.34. The quantitative estimate of drug-likeness (QED) is 0.465. The lowest BCUT2D eigenvalue weighted by Crippen LogP contribution is -2.10. The fraction of sp³-hybridized carbons (Fsp3) is 0.727. The van der Waals surface area contributed by atoms with Crippen molar-refractivity contribution in [1.82, 2.24) is 0 Å². The van der Waals surface area contributed by atoms with Crippen LogP contribution >= 0.6 is 0 Å². The SMILES string of the molecule is CC1=C(C)C(C(C)CC=O)CC1. The monoisotopic (exact) mass is 166 g/mol. The number of carbonyl (C=O) groups excluding carboxylic acids is 1. The van der Waals surface area contributed by atoms with Crippen LogP contribution in [0.1, 0.15) is 40.0 Å². The summed E-state index contributed by atoms with van der Waals surface area (Å²) in [5, 5.41) is 0. The van der Waals surface area contributed by atoms with Crippen molar-refractivity contribution in [3.8, 4) is 0 Å². The van der Waals surface area contributed by atoms with E-state index in [1.807, 2.05) is 0 Å². The Bertz CT molecular complexity index is 203. The summed E-state index contributed by atoms with van der Waals surface area (Å²) in [6, 6.07) is 0. The fourth-order valence-corrected chi connectivity index (χ4v) is 2.13. The maximum absolute atomic E-state index is 10.3. The van der Waals surface area contributed by atoms with Crippen LogP contribution in [0.25, 0.3) is 0 Å². The van der Waals surface area contributed by atoms with E-state index in [0.717, 1.165) is 12.7 Å². The third-order valence-corrected chi connectivity index (χ3v) is 3.21. The molecule has 0 aromatic carbocycles. The van der Waals surface area contributed by atoms with Gasteiger partial charge in [0.05, 0.1) is 0 Å². The molecular formula is C11H18O. The molecule has 0 aliphatic heterocycles. The van der Waals surface area contributed by atoms with Gasteiger partial charge in [0, 0.05) is 6.42 Å². The molecule has 0 amide bonds. The molecule has 0 bridgehead atoms. The summed E-state index contributed by atoms with van der Waals surface area (Å²) in [5.41, 5.74) is 3.07. The molecular weight excluding hydrogens is 148 g/mol. The molecule has 12 heavy (non-hydrogen) atoms. The number of hydrogen-bond acceptors (Lipinski definition) is 1. The molecule has 0 radical (unpaired) electrons. The number of hydrogen-bond donors (Lipinski definition) is 0. The Morgan fingerprint density at radius 3 is 2.67 bits per heavy atom. The highest BCUT2D eigenvalue weighted by Gasteiger charge is 2.24. The zero-order valence-electron chi connectivity index (χ0n) is 8.26. The molecule has 1 nitrogen and oxygen atoms in total. The summed E-state index contributed by atoms with van der Waals surface area (Å²) in [4.78, 5) is 10.3. The number of carbonyl (C=O) groups is 1. The van der Waals surface area contributed by atoms with Gasteiger partial charge in [-0.1, -0.05) is 18.1 Å². The first-order valence-electron chi connectivity index (χ1n) is 4.76. The normalized spacial score (nSPS) is 26.1. The first-order chi connectivity index (χ1) is 5.66. The van der Waals surface area contributed by atoms with E-state index >= 15 is 0 Å². The van der Waals surface area contributed by atoms with Crippen LogP contribution in [0.3, 0.4) is 0 Å². The predicted molar refractivity (Wildman–Crippen MR) is 50.9 cm³/mol. The Labute approximate surface area is 74.9 Å². The summed E-state index contributed by atoms with van der Waals surface area (Å²) >= 11 is 0. The average molecular weight is 166 g/mol. The Morgan fingerprint density at radius 1 is 1.58 bits per heavy atom. The summed E-state index contributed by atoms with van der Waals surface area (Å²) < 4.78 is 0. The van der Waals surface area contributed by atoms with Gasteiger partial charge in [0.25, 0.3) is 0 Å². The molecule has 0 heterocycles. The maximum atomic E-state index is 10.3. The third-order valence-electron chi connectivity index (χ3n) is 3.21. The molecule has 0 saturated heterocycles. The molecule has 1 aliphatic rings. The van der Waals surface area contributed by atoms with Crippen LogP contribution in [0, 0.1) is 11.8 Å². The maximum Gasteiger partial charge on any atom is 0.120 e. The summed E-state index contributed by atoms with van der Waals surface area (Å²) in [5.74, 6) is 1.22. The van der Waals surface area contributed by atoms with Crippen molar-refractivity contribution in [2.75, 3.05) is 0 Å². The van der Waals surface area contributed by atoms with Gasteiger partial charge in [0.15, 0.2) is 0 Å². The van der Waals surface area contributed by atoms with Crippen LogP contribution in [-0.2, 0) is 4.79 Å². The second kappa shape index (κ2) is 3.88. The first-order valence-corrected chi connectivity index (χ1v) is 4.76. The van der Waals surface area contributed by atoms with Crippen molar-refractivity contribution in [1.29, 1.82) is 0 Å². The summed E-state index contributed by atoms with van der Waals surface area (Å²) in [7, 11) is 0. The van der Waals surface area contributed by atoms with E-state index in [1.54, 1.807) is 0 Å². The molecule has 0 fully saturated rings. The van der Waals surface area contributed by atoms with Gasteiger partial charge in [-0.25, -0.2) is 0 Å². The molecule has 0 N–H and O–H groups in total. The smallest absolute Gasteiger partial charge is 0.120 e. The van der Waals surface area contributed by atoms with Crippen molar-refractivity contribution in [2.45, 2.75) is 40.0 Å². The van der Waals surface area contributed by atoms with E-state index in [-0.39, 0.29) is 0 Å². The van der Waals surface area contributed by atoms with Crippen molar-refractivity contribution in [2.24, 2.45) is 11.8 Å². The highest BCUT2D eigenvalue weighted by molar-refractivity contribution is 5.50. The summed E-state index contributed by atoms with van der Waals surface area (Å²) in [6.07, 6.45) is 4.26. The van der Waals surface area contributed by atoms with E-state index in [1.165, 1.54) is 24.0 Å². The van der Waals surface area contributed by atoms with Crippen LogP contribution in [0.15, 0.2) is 11.1 Å². The third kappa shape index (κ3) is 1.77. The first kappa shape index (κ1) is 9.50. The Kier molecular flexibility index (Phi) is 3.07. The molecule has 0 aromatic heterocycles. The van der Waals surface area contributed by atoms with Gasteiger partial charge in [0.2, 0.25) is 0 Å². The highest BCUT2D eigenvalue weighted by Crippen LogP contribution is 2.37. The zero-order valence-corrected chi connectivity index (χ0v) is 8.26. The molecule has 0 aromatic rings. The number of allylic oxidation sites excluding steroid dienone is 2. The van der Waals surface area contributed by atoms with E-state index in [4.69, 9.17) is 0 Å². The van der Waals surface area contributed by atoms with Crippen molar-refractivity contribution < 1.29 is 4.79 Å². The van der Waals surface area contributed by atoms with Crippen LogP contribution in [0.5, 0.6) is 0 Å². The minimum absolute atomic E-state index is 0.542. The lowest BCUT2D eigenvalue weighted by Gasteiger charge is -2.18. The molecule has 0 saturated carbocycles. The highest BCUT2D eigenvalue weighted by atomic mass is 16.1. The fourth-order valence-electron chi connectivity index (χ4n) is 2.13. The zero-order chi connectivity index (χ0) is 9.14. The molecule has 1 heteroatoms. The van der Waals surface area contributed by atoms with Gasteiger partial charge in [-0.15, -0.1) is 0 Å². The van der Waals surface area contributed by atoms with Gasteiger partial charge in [-0.05, 0) is 38.5 Å². The van der Waals surface area contributed by atoms with E-state index in [2.05, 4.69) is 20.8 Å². The summed E-state index contributed by atoms with van der Waals surface area (Å²) in [6.45, 7) is 6.61. The number of rotatable bonds is 3. The van der Waals surface area contributed by atoms with Gasteiger partial charge >= 0.3 is 0 Å². The van der Waals surface area contributed by atoms with Crippen molar-refractivity contribution >= 4 is 6.29 Å². The molecule has 2 unspecified atom stereocenters. The second-order valence-electron chi connectivity index (χ2n) is 3.99. The molecule has 68 valence electrons. The minimum Gasteiger partial charge on any atom is -0.303 e. The van der Waals surface area contributed by atoms with Gasteiger partial charge in [-0.2, -0.15) is 0 Å². The molecule has 0 spiro atoms. The standard InChI is InChI=1S/C11H18O/c1-8-4-5-11(10(8)3)9(2)6-7-12/h7,9,11H,4-6H2,1-3H3. The van der Waals surface area contributed by atoms with Crippen molar-refractivity contribution in [3.63, 3.8) is 0 Å². The number of aldehydes is 1. The lowest BCUT2D eigenvalue weighted by molar-refractivity contribution is -0.108. The molecule has 1 aliphatic carbocycles. The van der Waals surface area contributed by atoms with Crippen LogP contribution in [0.2, 0.25) is 0 Å².